The molecular weight excluding hydrogens is 240 g/mol. The molecule has 1 atom stereocenters. The number of phenolic OH excluding ortho intramolecular Hbond substituents is 1. The van der Waals surface area contributed by atoms with Crippen LogP contribution in [-0.4, -0.2) is 31.9 Å². The van der Waals surface area contributed by atoms with Crippen LogP contribution in [0.5, 0.6) is 11.5 Å². The molecule has 0 saturated heterocycles. The predicted molar refractivity (Wildman–Crippen MR) is 76.2 cm³/mol. The fraction of sp³-hybridized carbons (Fsp3) is 0.600. The Balaban J connectivity index is 2.17. The number of phenols is 1. The minimum Gasteiger partial charge on any atom is -0.504 e. The lowest BCUT2D eigenvalue weighted by Crippen LogP contribution is -2.16. The predicted octanol–water partition coefficient (Wildman–Crippen LogP) is 1.99. The second-order valence-electron chi connectivity index (χ2n) is 5.58. The van der Waals surface area contributed by atoms with Gasteiger partial charge in [-0.2, -0.15) is 0 Å². The number of rotatable bonds is 2. The van der Waals surface area contributed by atoms with Crippen molar-refractivity contribution in [1.82, 2.24) is 0 Å². The Bertz CT molecular complexity index is 488. The highest BCUT2D eigenvalue weighted by molar-refractivity contribution is 5.72. The number of aromatic hydroxyl groups is 1. The maximum atomic E-state index is 10.2. The summed E-state index contributed by atoms with van der Waals surface area (Å²) >= 11 is 0. The van der Waals surface area contributed by atoms with Gasteiger partial charge in [0, 0.05) is 24.8 Å². The first-order valence-corrected chi connectivity index (χ1v) is 7.15. The topological polar surface area (TPSA) is 58.7 Å². The van der Waals surface area contributed by atoms with E-state index in [0.29, 0.717) is 30.6 Å². The van der Waals surface area contributed by atoms with Crippen LogP contribution in [0.25, 0.3) is 0 Å². The molecule has 0 spiro atoms. The summed E-state index contributed by atoms with van der Waals surface area (Å²) in [6, 6.07) is 1.88. The summed E-state index contributed by atoms with van der Waals surface area (Å²) in [7, 11) is 2.12. The minimum atomic E-state index is 0.299. The van der Waals surface area contributed by atoms with Crippen molar-refractivity contribution in [1.29, 1.82) is 0 Å². The van der Waals surface area contributed by atoms with Crippen LogP contribution >= 0.6 is 0 Å². The van der Waals surface area contributed by atoms with E-state index >= 15 is 0 Å². The van der Waals surface area contributed by atoms with Crippen LogP contribution in [0.1, 0.15) is 36.3 Å². The van der Waals surface area contributed by atoms with Gasteiger partial charge in [-0.25, -0.2) is 0 Å². The molecule has 0 aromatic heterocycles. The van der Waals surface area contributed by atoms with Gasteiger partial charge >= 0.3 is 0 Å². The summed E-state index contributed by atoms with van der Waals surface area (Å²) in [6.07, 6.45) is 4.08. The van der Waals surface area contributed by atoms with E-state index in [1.807, 2.05) is 6.07 Å². The lowest BCUT2D eigenvalue weighted by atomic mass is 9.88. The van der Waals surface area contributed by atoms with E-state index in [1.54, 1.807) is 0 Å². The van der Waals surface area contributed by atoms with E-state index in [2.05, 4.69) is 11.9 Å². The first kappa shape index (κ1) is 12.6. The Hall–Kier alpha value is -1.42. The quantitative estimate of drug-likeness (QED) is 0.855. The molecule has 1 aromatic rings. The SMILES string of the molecule is CN1CCc2cc(O)c3c(c21)C(CCN)CCCO3. The summed E-state index contributed by atoms with van der Waals surface area (Å²) in [6.45, 7) is 2.38. The molecular formula is C15H22N2O2. The molecule has 1 unspecified atom stereocenters. The molecule has 3 N–H and O–H groups in total. The summed E-state index contributed by atoms with van der Waals surface area (Å²) in [5, 5.41) is 10.2. The van der Waals surface area contributed by atoms with E-state index in [4.69, 9.17) is 10.5 Å². The van der Waals surface area contributed by atoms with Crippen LogP contribution in [0.15, 0.2) is 6.07 Å². The minimum absolute atomic E-state index is 0.299. The van der Waals surface area contributed by atoms with Gasteiger partial charge in [-0.05, 0) is 49.8 Å². The van der Waals surface area contributed by atoms with Crippen molar-refractivity contribution in [3.63, 3.8) is 0 Å². The maximum Gasteiger partial charge on any atom is 0.166 e. The van der Waals surface area contributed by atoms with E-state index in [0.717, 1.165) is 32.2 Å². The molecule has 1 aromatic carbocycles. The fourth-order valence-electron chi connectivity index (χ4n) is 3.43. The first-order chi connectivity index (χ1) is 9.22. The lowest BCUT2D eigenvalue weighted by molar-refractivity contribution is 0.299. The first-order valence-electron chi connectivity index (χ1n) is 7.15. The van der Waals surface area contributed by atoms with Gasteiger partial charge in [0.2, 0.25) is 0 Å². The molecule has 0 aliphatic carbocycles. The van der Waals surface area contributed by atoms with Crippen molar-refractivity contribution in [2.75, 3.05) is 31.6 Å². The Morgan fingerprint density at radius 2 is 2.37 bits per heavy atom. The molecule has 0 radical (unpaired) electrons. The summed E-state index contributed by atoms with van der Waals surface area (Å²) in [5.41, 5.74) is 9.47. The van der Waals surface area contributed by atoms with Gasteiger partial charge in [-0.3, -0.25) is 0 Å². The van der Waals surface area contributed by atoms with Gasteiger partial charge in [-0.1, -0.05) is 0 Å². The molecule has 0 saturated carbocycles. The van der Waals surface area contributed by atoms with Gasteiger partial charge in [-0.15, -0.1) is 0 Å². The Morgan fingerprint density at radius 3 is 3.16 bits per heavy atom. The van der Waals surface area contributed by atoms with E-state index in [9.17, 15) is 5.11 Å². The maximum absolute atomic E-state index is 10.2. The highest BCUT2D eigenvalue weighted by atomic mass is 16.5. The van der Waals surface area contributed by atoms with Gasteiger partial charge < -0.3 is 20.5 Å². The molecule has 3 rings (SSSR count). The number of nitrogens with zero attached hydrogens (tertiary/aromatic N) is 1. The number of likely N-dealkylation sites (N-methyl/N-ethyl adjacent to an activating group) is 1. The zero-order chi connectivity index (χ0) is 13.4. The van der Waals surface area contributed by atoms with Crippen LogP contribution in [-0.2, 0) is 6.42 Å². The highest BCUT2D eigenvalue weighted by Gasteiger charge is 2.31. The Kier molecular flexibility index (Phi) is 3.27. The smallest absolute Gasteiger partial charge is 0.166 e. The summed E-state index contributed by atoms with van der Waals surface area (Å²) in [5.74, 6) is 1.40. The largest absolute Gasteiger partial charge is 0.504 e. The zero-order valence-electron chi connectivity index (χ0n) is 11.5. The second-order valence-corrected chi connectivity index (χ2v) is 5.58. The molecule has 19 heavy (non-hydrogen) atoms. The van der Waals surface area contributed by atoms with Crippen molar-refractivity contribution in [2.45, 2.75) is 31.6 Å². The van der Waals surface area contributed by atoms with E-state index in [1.165, 1.54) is 16.8 Å². The van der Waals surface area contributed by atoms with Crippen molar-refractivity contribution in [2.24, 2.45) is 5.73 Å². The average Bonchev–Trinajstić information content (AvgIpc) is 2.62. The third-order valence-electron chi connectivity index (χ3n) is 4.31. The number of hydrogen-bond donors (Lipinski definition) is 2. The standard InChI is InChI=1S/C15H22N2O2/c1-17-7-5-11-9-12(18)15-13(14(11)17)10(4-6-16)3-2-8-19-15/h9-10,18H,2-8,16H2,1H3. The number of nitrogens with two attached hydrogens (primary N) is 1. The number of benzene rings is 1. The van der Waals surface area contributed by atoms with Crippen LogP contribution in [0.3, 0.4) is 0 Å². The summed E-state index contributed by atoms with van der Waals surface area (Å²) < 4.78 is 5.81. The fourth-order valence-corrected chi connectivity index (χ4v) is 3.43. The molecule has 2 heterocycles. The van der Waals surface area contributed by atoms with Crippen molar-refractivity contribution in [3.05, 3.63) is 17.2 Å². The van der Waals surface area contributed by atoms with Crippen LogP contribution < -0.4 is 15.4 Å². The number of ether oxygens (including phenoxy) is 1. The average molecular weight is 262 g/mol. The van der Waals surface area contributed by atoms with Gasteiger partial charge in [0.1, 0.15) is 0 Å². The third kappa shape index (κ3) is 2.04. The monoisotopic (exact) mass is 262 g/mol. The van der Waals surface area contributed by atoms with Crippen molar-refractivity contribution >= 4 is 5.69 Å². The van der Waals surface area contributed by atoms with Crippen molar-refractivity contribution in [3.8, 4) is 11.5 Å². The second kappa shape index (κ2) is 4.93. The number of anilines is 1. The molecule has 2 aliphatic rings. The Labute approximate surface area is 114 Å². The molecule has 0 fully saturated rings. The number of fused-ring (bicyclic) bond motifs is 3. The molecule has 0 bridgehead atoms. The van der Waals surface area contributed by atoms with Crippen LogP contribution in [0, 0.1) is 0 Å². The number of hydrogen-bond acceptors (Lipinski definition) is 4. The van der Waals surface area contributed by atoms with Crippen LogP contribution in [0.4, 0.5) is 5.69 Å². The van der Waals surface area contributed by atoms with E-state index < -0.39 is 0 Å². The van der Waals surface area contributed by atoms with Crippen molar-refractivity contribution < 1.29 is 9.84 Å². The molecule has 104 valence electrons. The third-order valence-corrected chi connectivity index (χ3v) is 4.31. The highest BCUT2D eigenvalue weighted by Crippen LogP contribution is 2.49. The summed E-state index contributed by atoms with van der Waals surface area (Å²) in [4.78, 5) is 2.28. The van der Waals surface area contributed by atoms with E-state index in [-0.39, 0.29) is 0 Å². The van der Waals surface area contributed by atoms with Gasteiger partial charge in [0.25, 0.3) is 0 Å². The van der Waals surface area contributed by atoms with Gasteiger partial charge in [0.15, 0.2) is 11.5 Å². The van der Waals surface area contributed by atoms with Gasteiger partial charge in [0.05, 0.1) is 6.61 Å². The molecule has 2 aliphatic heterocycles. The molecule has 4 nitrogen and oxygen atoms in total. The molecule has 4 heteroatoms. The zero-order valence-corrected chi connectivity index (χ0v) is 11.5. The molecule has 0 amide bonds. The Morgan fingerprint density at radius 1 is 1.53 bits per heavy atom. The lowest BCUT2D eigenvalue weighted by Gasteiger charge is -2.24. The normalized spacial score (nSPS) is 21.6. The van der Waals surface area contributed by atoms with Crippen LogP contribution in [0.2, 0.25) is 0 Å².